The first-order valence-electron chi connectivity index (χ1n) is 7.09. The molecule has 1 atom stereocenters. The maximum Gasteiger partial charge on any atom is 0.0447 e. The molecule has 1 aliphatic heterocycles. The topological polar surface area (TPSA) is 16.1 Å². The molecule has 2 heterocycles. The van der Waals surface area contributed by atoms with Crippen molar-refractivity contribution < 1.29 is 0 Å². The first-order valence-corrected chi connectivity index (χ1v) is 7.09. The third-order valence-electron chi connectivity index (χ3n) is 3.86. The average molecular weight is 252 g/mol. The minimum absolute atomic E-state index is 0.596. The summed E-state index contributed by atoms with van der Waals surface area (Å²) in [7, 11) is 0. The van der Waals surface area contributed by atoms with Crippen molar-refractivity contribution in [2.24, 2.45) is 0 Å². The first kappa shape index (κ1) is 12.4. The zero-order valence-electron chi connectivity index (χ0n) is 11.2. The maximum atomic E-state index is 4.52. The maximum absolute atomic E-state index is 4.52. The van der Waals surface area contributed by atoms with Crippen LogP contribution in [0.2, 0.25) is 0 Å². The van der Waals surface area contributed by atoms with Crippen LogP contribution in [0, 0.1) is 0 Å². The highest BCUT2D eigenvalue weighted by Gasteiger charge is 2.21. The molecule has 0 unspecified atom stereocenters. The molecule has 0 N–H and O–H groups in total. The molecule has 3 rings (SSSR count). The van der Waals surface area contributed by atoms with Crippen LogP contribution in [0.3, 0.4) is 0 Å². The molecule has 0 spiro atoms. The van der Waals surface area contributed by atoms with Crippen molar-refractivity contribution in [2.45, 2.75) is 25.3 Å². The summed E-state index contributed by atoms with van der Waals surface area (Å²) < 4.78 is 0. The second kappa shape index (κ2) is 5.98. The predicted molar refractivity (Wildman–Crippen MR) is 77.9 cm³/mol. The second-order valence-electron chi connectivity index (χ2n) is 5.31. The van der Waals surface area contributed by atoms with Gasteiger partial charge in [-0.05, 0) is 37.1 Å². The quantitative estimate of drug-likeness (QED) is 0.831. The zero-order chi connectivity index (χ0) is 12.9. The minimum atomic E-state index is 0.596. The number of nitrogens with zero attached hydrogens (tertiary/aromatic N) is 2. The molecule has 1 aromatic carbocycles. The Kier molecular flexibility index (Phi) is 3.89. The predicted octanol–water partition coefficient (Wildman–Crippen LogP) is 3.46. The number of rotatable bonds is 3. The summed E-state index contributed by atoms with van der Waals surface area (Å²) in [6.45, 7) is 3.40. The van der Waals surface area contributed by atoms with Crippen LogP contribution in [0.4, 0.5) is 0 Å². The van der Waals surface area contributed by atoms with Gasteiger partial charge >= 0.3 is 0 Å². The average Bonchev–Trinajstić information content (AvgIpc) is 2.49. The van der Waals surface area contributed by atoms with Crippen molar-refractivity contribution >= 4 is 0 Å². The van der Waals surface area contributed by atoms with Gasteiger partial charge in [0.15, 0.2) is 0 Å². The fourth-order valence-corrected chi connectivity index (χ4v) is 2.90. The van der Waals surface area contributed by atoms with Gasteiger partial charge in [-0.15, -0.1) is 0 Å². The Morgan fingerprint density at radius 1 is 1.05 bits per heavy atom. The summed E-state index contributed by atoms with van der Waals surface area (Å²) in [6, 6.07) is 17.0. The molecule has 1 fully saturated rings. The largest absolute Gasteiger partial charge is 0.298 e. The van der Waals surface area contributed by atoms with Crippen molar-refractivity contribution in [3.8, 4) is 0 Å². The van der Waals surface area contributed by atoms with Crippen molar-refractivity contribution in [1.29, 1.82) is 0 Å². The minimum Gasteiger partial charge on any atom is -0.298 e. The molecule has 0 bridgehead atoms. The van der Waals surface area contributed by atoms with Crippen LogP contribution in [0.25, 0.3) is 0 Å². The van der Waals surface area contributed by atoms with Gasteiger partial charge in [-0.25, -0.2) is 0 Å². The Morgan fingerprint density at radius 3 is 2.68 bits per heavy atom. The summed E-state index contributed by atoms with van der Waals surface area (Å²) in [5.74, 6) is 0.596. The third-order valence-corrected chi connectivity index (χ3v) is 3.86. The molecule has 2 heteroatoms. The molecule has 0 radical (unpaired) electrons. The van der Waals surface area contributed by atoms with Gasteiger partial charge in [-0.1, -0.05) is 36.4 Å². The van der Waals surface area contributed by atoms with Gasteiger partial charge in [0.05, 0.1) is 0 Å². The SMILES string of the molecule is c1ccc(CN2CCC[C@@H](c3ccccn3)C2)cc1. The van der Waals surface area contributed by atoms with E-state index in [1.807, 2.05) is 12.3 Å². The Hall–Kier alpha value is -1.67. The molecule has 0 aliphatic carbocycles. The molecule has 98 valence electrons. The van der Waals surface area contributed by atoms with Crippen LogP contribution in [0.5, 0.6) is 0 Å². The molecule has 1 aromatic heterocycles. The second-order valence-corrected chi connectivity index (χ2v) is 5.31. The standard InChI is InChI=1S/C17H20N2/c1-2-7-15(8-3-1)13-19-12-6-9-16(14-19)17-10-4-5-11-18-17/h1-5,7-8,10-11,16H,6,9,12-14H2/t16-/m1/s1. The molecule has 0 saturated carbocycles. The highest BCUT2D eigenvalue weighted by atomic mass is 15.1. The van der Waals surface area contributed by atoms with E-state index in [4.69, 9.17) is 0 Å². The Balaban J connectivity index is 1.65. The molecule has 19 heavy (non-hydrogen) atoms. The van der Waals surface area contributed by atoms with E-state index in [0.717, 1.165) is 13.1 Å². The van der Waals surface area contributed by atoms with Crippen LogP contribution in [0.1, 0.15) is 30.0 Å². The number of piperidine rings is 1. The van der Waals surface area contributed by atoms with Gasteiger partial charge < -0.3 is 0 Å². The number of aromatic nitrogens is 1. The highest BCUT2D eigenvalue weighted by molar-refractivity contribution is 5.15. The normalized spacial score (nSPS) is 20.3. The summed E-state index contributed by atoms with van der Waals surface area (Å²) in [5, 5.41) is 0. The Labute approximate surface area is 115 Å². The number of likely N-dealkylation sites (tertiary alicyclic amines) is 1. The summed E-state index contributed by atoms with van der Waals surface area (Å²) in [6.07, 6.45) is 4.45. The Morgan fingerprint density at radius 2 is 1.89 bits per heavy atom. The van der Waals surface area contributed by atoms with Crippen LogP contribution in [0.15, 0.2) is 54.7 Å². The van der Waals surface area contributed by atoms with Gasteiger partial charge in [0.1, 0.15) is 0 Å². The Bertz CT molecular complexity index is 495. The van der Waals surface area contributed by atoms with E-state index >= 15 is 0 Å². The molecular formula is C17H20N2. The van der Waals surface area contributed by atoms with Crippen LogP contribution < -0.4 is 0 Å². The third kappa shape index (κ3) is 3.21. The van der Waals surface area contributed by atoms with Crippen molar-refractivity contribution in [3.05, 3.63) is 66.0 Å². The number of benzene rings is 1. The monoisotopic (exact) mass is 252 g/mol. The van der Waals surface area contributed by atoms with Crippen molar-refractivity contribution in [1.82, 2.24) is 9.88 Å². The van der Waals surface area contributed by atoms with E-state index in [0.29, 0.717) is 5.92 Å². The number of hydrogen-bond acceptors (Lipinski definition) is 2. The summed E-state index contributed by atoms with van der Waals surface area (Å²) >= 11 is 0. The fraction of sp³-hybridized carbons (Fsp3) is 0.353. The lowest BCUT2D eigenvalue weighted by molar-refractivity contribution is 0.198. The van der Waals surface area contributed by atoms with Gasteiger partial charge in [0.2, 0.25) is 0 Å². The summed E-state index contributed by atoms with van der Waals surface area (Å²) in [5.41, 5.74) is 2.66. The molecule has 2 aromatic rings. The summed E-state index contributed by atoms with van der Waals surface area (Å²) in [4.78, 5) is 7.07. The lowest BCUT2D eigenvalue weighted by Gasteiger charge is -2.32. The number of pyridine rings is 1. The van der Waals surface area contributed by atoms with E-state index in [1.54, 1.807) is 0 Å². The van der Waals surface area contributed by atoms with Gasteiger partial charge in [-0.3, -0.25) is 9.88 Å². The first-order chi connectivity index (χ1) is 9.42. The highest BCUT2D eigenvalue weighted by Crippen LogP contribution is 2.26. The van der Waals surface area contributed by atoms with E-state index < -0.39 is 0 Å². The van der Waals surface area contributed by atoms with Gasteiger partial charge in [-0.2, -0.15) is 0 Å². The van der Waals surface area contributed by atoms with Crippen LogP contribution >= 0.6 is 0 Å². The number of hydrogen-bond donors (Lipinski definition) is 0. The van der Waals surface area contributed by atoms with E-state index in [-0.39, 0.29) is 0 Å². The van der Waals surface area contributed by atoms with E-state index in [9.17, 15) is 0 Å². The van der Waals surface area contributed by atoms with Crippen LogP contribution in [-0.4, -0.2) is 23.0 Å². The molecule has 1 saturated heterocycles. The smallest absolute Gasteiger partial charge is 0.0447 e. The lowest BCUT2D eigenvalue weighted by atomic mass is 9.94. The lowest BCUT2D eigenvalue weighted by Crippen LogP contribution is -2.34. The van der Waals surface area contributed by atoms with E-state index in [2.05, 4.69) is 52.3 Å². The fourth-order valence-electron chi connectivity index (χ4n) is 2.90. The molecule has 2 nitrogen and oxygen atoms in total. The van der Waals surface area contributed by atoms with Crippen molar-refractivity contribution in [2.75, 3.05) is 13.1 Å². The molecule has 0 amide bonds. The van der Waals surface area contributed by atoms with Crippen LogP contribution in [-0.2, 0) is 6.54 Å². The molecular weight excluding hydrogens is 232 g/mol. The van der Waals surface area contributed by atoms with Crippen molar-refractivity contribution in [3.63, 3.8) is 0 Å². The van der Waals surface area contributed by atoms with Gasteiger partial charge in [0.25, 0.3) is 0 Å². The zero-order valence-corrected chi connectivity index (χ0v) is 11.2. The van der Waals surface area contributed by atoms with E-state index in [1.165, 1.54) is 30.6 Å². The molecule has 1 aliphatic rings. The van der Waals surface area contributed by atoms with Gasteiger partial charge in [0, 0.05) is 30.9 Å².